The third-order valence-electron chi connectivity index (χ3n) is 6.44. The number of phenolic OH excluding ortho intramolecular Hbond substituents is 3. The minimum atomic E-state index is -1.03. The van der Waals surface area contributed by atoms with Crippen molar-refractivity contribution in [3.05, 3.63) is 85.3 Å². The van der Waals surface area contributed by atoms with Crippen molar-refractivity contribution in [2.24, 2.45) is 0 Å². The quantitative estimate of drug-likeness (QED) is 0.144. The number of fused-ring (bicyclic) bond motifs is 4. The molecule has 38 heavy (non-hydrogen) atoms. The van der Waals surface area contributed by atoms with Crippen LogP contribution in [0.2, 0.25) is 5.02 Å². The van der Waals surface area contributed by atoms with E-state index >= 15 is 0 Å². The molecule has 0 unspecified atom stereocenters. The molecule has 0 spiro atoms. The molecule has 1 atom stereocenters. The summed E-state index contributed by atoms with van der Waals surface area (Å²) >= 11 is 6.07. The molecule has 0 saturated heterocycles. The zero-order valence-corrected chi connectivity index (χ0v) is 19.8. The van der Waals surface area contributed by atoms with E-state index in [0.29, 0.717) is 5.02 Å². The van der Waals surface area contributed by atoms with Gasteiger partial charge in [0, 0.05) is 33.7 Å². The molecule has 0 saturated carbocycles. The predicted molar refractivity (Wildman–Crippen MR) is 134 cm³/mol. The van der Waals surface area contributed by atoms with Crippen molar-refractivity contribution in [2.75, 3.05) is 0 Å². The van der Waals surface area contributed by atoms with Crippen LogP contribution in [-0.4, -0.2) is 26.4 Å². The van der Waals surface area contributed by atoms with Crippen LogP contribution in [-0.2, 0) is 4.79 Å². The van der Waals surface area contributed by atoms with Gasteiger partial charge in [-0.1, -0.05) is 11.6 Å². The maximum absolute atomic E-state index is 13.5. The van der Waals surface area contributed by atoms with E-state index in [1.807, 2.05) is 0 Å². The summed E-state index contributed by atoms with van der Waals surface area (Å²) in [5, 5.41) is 40.9. The van der Waals surface area contributed by atoms with Gasteiger partial charge in [-0.2, -0.15) is 0 Å². The van der Waals surface area contributed by atoms with Crippen molar-refractivity contribution >= 4 is 39.5 Å². The van der Waals surface area contributed by atoms with Gasteiger partial charge >= 0.3 is 5.97 Å². The highest BCUT2D eigenvalue weighted by Crippen LogP contribution is 2.47. The first kappa shape index (κ1) is 23.4. The highest BCUT2D eigenvalue weighted by Gasteiger charge is 2.36. The van der Waals surface area contributed by atoms with Gasteiger partial charge in [-0.15, -0.1) is 0 Å². The van der Waals surface area contributed by atoms with Gasteiger partial charge in [0.1, 0.15) is 28.1 Å². The number of rotatable bonds is 2. The summed E-state index contributed by atoms with van der Waals surface area (Å²) in [6.45, 7) is 0. The zero-order valence-electron chi connectivity index (χ0n) is 19.0. The molecule has 5 aromatic rings. The summed E-state index contributed by atoms with van der Waals surface area (Å²) in [4.78, 5) is 39.2. The molecular formula is C27H15ClO10. The molecule has 0 bridgehead atoms. The Labute approximate surface area is 216 Å². The van der Waals surface area contributed by atoms with E-state index in [0.717, 1.165) is 18.2 Å². The van der Waals surface area contributed by atoms with Crippen molar-refractivity contribution in [1.29, 1.82) is 0 Å². The largest absolute Gasteiger partial charge is 0.507 e. The Morgan fingerprint density at radius 3 is 2.42 bits per heavy atom. The van der Waals surface area contributed by atoms with E-state index in [4.69, 9.17) is 25.2 Å². The third-order valence-corrected chi connectivity index (χ3v) is 6.67. The summed E-state index contributed by atoms with van der Waals surface area (Å²) in [6, 6.07) is 9.02. The predicted octanol–water partition coefficient (Wildman–Crippen LogP) is 4.48. The van der Waals surface area contributed by atoms with Crippen LogP contribution in [0, 0.1) is 0 Å². The first-order valence-electron chi connectivity index (χ1n) is 11.1. The Bertz CT molecular complexity index is 1950. The van der Waals surface area contributed by atoms with Gasteiger partial charge in [0.25, 0.3) is 0 Å². The zero-order chi connectivity index (χ0) is 26.9. The molecule has 6 rings (SSSR count). The lowest BCUT2D eigenvalue weighted by atomic mass is 9.85. The summed E-state index contributed by atoms with van der Waals surface area (Å²) in [5.74, 6) is -4.77. The van der Waals surface area contributed by atoms with Crippen LogP contribution in [0.3, 0.4) is 0 Å². The van der Waals surface area contributed by atoms with Crippen LogP contribution in [0.5, 0.6) is 28.7 Å². The Morgan fingerprint density at radius 1 is 0.868 bits per heavy atom. The van der Waals surface area contributed by atoms with Crippen molar-refractivity contribution in [2.45, 2.75) is 12.3 Å². The number of aromatic hydroxyl groups is 4. The molecule has 0 fully saturated rings. The van der Waals surface area contributed by atoms with E-state index in [9.17, 15) is 34.8 Å². The Kier molecular flexibility index (Phi) is 5.11. The monoisotopic (exact) mass is 534 g/mol. The first-order valence-corrected chi connectivity index (χ1v) is 11.5. The number of benzene rings is 3. The van der Waals surface area contributed by atoms with E-state index < -0.39 is 56.9 Å². The van der Waals surface area contributed by atoms with Crippen LogP contribution in [0.4, 0.5) is 0 Å². The van der Waals surface area contributed by atoms with Crippen LogP contribution < -0.4 is 15.6 Å². The number of hydrogen-bond acceptors (Lipinski definition) is 10. The van der Waals surface area contributed by atoms with Gasteiger partial charge < -0.3 is 34.0 Å². The average molecular weight is 535 g/mol. The Hall–Kier alpha value is -4.96. The minimum absolute atomic E-state index is 0.0260. The maximum Gasteiger partial charge on any atom is 0.312 e. The van der Waals surface area contributed by atoms with Gasteiger partial charge in [0.2, 0.25) is 11.2 Å². The van der Waals surface area contributed by atoms with E-state index in [-0.39, 0.29) is 45.4 Å². The van der Waals surface area contributed by atoms with Crippen LogP contribution in [0.1, 0.15) is 23.5 Å². The normalized spacial score (nSPS) is 15.0. The van der Waals surface area contributed by atoms with Gasteiger partial charge in [-0.3, -0.25) is 14.4 Å². The highest BCUT2D eigenvalue weighted by molar-refractivity contribution is 6.31. The summed E-state index contributed by atoms with van der Waals surface area (Å²) < 4.78 is 16.9. The highest BCUT2D eigenvalue weighted by atomic mass is 35.5. The van der Waals surface area contributed by atoms with E-state index in [2.05, 4.69) is 0 Å². The van der Waals surface area contributed by atoms with Crippen LogP contribution in [0.15, 0.2) is 67.2 Å². The van der Waals surface area contributed by atoms with Crippen molar-refractivity contribution in [3.63, 3.8) is 0 Å². The number of carbonyl (C=O) groups is 1. The molecule has 2 aromatic heterocycles. The average Bonchev–Trinajstić information content (AvgIpc) is 2.87. The lowest BCUT2D eigenvalue weighted by Gasteiger charge is -2.25. The van der Waals surface area contributed by atoms with Gasteiger partial charge in [0.05, 0.1) is 18.1 Å². The Morgan fingerprint density at radius 2 is 1.66 bits per heavy atom. The van der Waals surface area contributed by atoms with Gasteiger partial charge in [0.15, 0.2) is 22.7 Å². The maximum atomic E-state index is 13.5. The Balaban J connectivity index is 1.69. The third kappa shape index (κ3) is 3.46. The topological polar surface area (TPSA) is 168 Å². The van der Waals surface area contributed by atoms with E-state index in [1.54, 1.807) is 6.07 Å². The fourth-order valence-electron chi connectivity index (χ4n) is 4.67. The minimum Gasteiger partial charge on any atom is -0.507 e. The number of hydrogen-bond donors (Lipinski definition) is 4. The number of halogens is 1. The molecule has 3 aromatic carbocycles. The first-order chi connectivity index (χ1) is 18.1. The molecule has 1 aliphatic rings. The second-order valence-electron chi connectivity index (χ2n) is 8.72. The molecule has 1 aliphatic heterocycles. The summed E-state index contributed by atoms with van der Waals surface area (Å²) in [5.41, 5.74) is -1.32. The van der Waals surface area contributed by atoms with Crippen molar-refractivity contribution in [3.8, 4) is 40.1 Å². The fraction of sp³-hybridized carbons (Fsp3) is 0.0741. The van der Waals surface area contributed by atoms with Gasteiger partial charge in [-0.25, -0.2) is 0 Å². The number of esters is 1. The molecule has 11 heteroatoms. The molecule has 0 amide bonds. The second kappa shape index (κ2) is 8.29. The van der Waals surface area contributed by atoms with Crippen molar-refractivity contribution in [1.82, 2.24) is 0 Å². The molecule has 0 radical (unpaired) electrons. The molecule has 10 nitrogen and oxygen atoms in total. The van der Waals surface area contributed by atoms with Crippen LogP contribution in [0.25, 0.3) is 33.3 Å². The molecule has 0 aliphatic carbocycles. The SMILES string of the molecule is O=C1C[C@@H](c2coc3ccc(Cl)cc3c2=O)c2c(cc(O)c3c(=O)c(O)c(-c4ccc(O)c(O)c4)oc23)O1. The lowest BCUT2D eigenvalue weighted by Crippen LogP contribution is -2.25. The summed E-state index contributed by atoms with van der Waals surface area (Å²) in [7, 11) is 0. The number of carbonyl (C=O) groups excluding carboxylic acids is 1. The van der Waals surface area contributed by atoms with Crippen LogP contribution >= 0.6 is 11.6 Å². The fourth-order valence-corrected chi connectivity index (χ4v) is 4.84. The second-order valence-corrected chi connectivity index (χ2v) is 9.15. The standard InChI is InChI=1S/C27H15ClO10/c28-11-2-4-18-13(6-11)23(33)14(9-36-18)12-7-20(32)37-19-8-17(31)22-24(34)25(35)26(38-27(22)21(12)19)10-1-3-15(29)16(30)5-10/h1-6,8-9,12,29-31,35H,7H2/t12-/m0/s1. The van der Waals surface area contributed by atoms with Crippen molar-refractivity contribution < 1.29 is 38.8 Å². The summed E-state index contributed by atoms with van der Waals surface area (Å²) in [6.07, 6.45) is 0.866. The van der Waals surface area contributed by atoms with E-state index in [1.165, 1.54) is 24.5 Å². The molecular weight excluding hydrogens is 520 g/mol. The smallest absolute Gasteiger partial charge is 0.312 e. The molecule has 4 N–H and O–H groups in total. The molecule has 190 valence electrons. The van der Waals surface area contributed by atoms with Gasteiger partial charge in [-0.05, 0) is 36.4 Å². The lowest BCUT2D eigenvalue weighted by molar-refractivity contribution is -0.135. The number of ether oxygens (including phenoxy) is 1. The molecule has 3 heterocycles. The number of phenols is 3.